The van der Waals surface area contributed by atoms with Gasteiger partial charge in [0, 0.05) is 10.4 Å². The van der Waals surface area contributed by atoms with Crippen molar-refractivity contribution in [1.29, 1.82) is 0 Å². The molecule has 0 heterocycles. The minimum absolute atomic E-state index is 0.0653. The van der Waals surface area contributed by atoms with Crippen LogP contribution >= 0.6 is 27.5 Å². The summed E-state index contributed by atoms with van der Waals surface area (Å²) in [5.74, 6) is 0.729. The SMILES string of the molecule is NCC1CCC(C(=O)Nc2cc(Br)ccc2Cl)CC1. The third kappa shape index (κ3) is 3.94. The van der Waals surface area contributed by atoms with Gasteiger partial charge in [-0.3, -0.25) is 4.79 Å². The number of carbonyl (C=O) groups is 1. The van der Waals surface area contributed by atoms with Gasteiger partial charge in [0.2, 0.25) is 5.91 Å². The zero-order valence-electron chi connectivity index (χ0n) is 10.7. The number of rotatable bonds is 3. The van der Waals surface area contributed by atoms with Gasteiger partial charge >= 0.3 is 0 Å². The molecule has 104 valence electrons. The quantitative estimate of drug-likeness (QED) is 0.875. The van der Waals surface area contributed by atoms with Crippen molar-refractivity contribution in [3.05, 3.63) is 27.7 Å². The molecule has 3 N–H and O–H groups in total. The second-order valence-electron chi connectivity index (χ2n) is 5.07. The second kappa shape index (κ2) is 6.73. The Bertz CT molecular complexity index is 459. The van der Waals surface area contributed by atoms with Gasteiger partial charge in [0.15, 0.2) is 0 Å². The van der Waals surface area contributed by atoms with Gasteiger partial charge in [-0.25, -0.2) is 0 Å². The molecule has 1 aliphatic carbocycles. The Hall–Kier alpha value is -0.580. The van der Waals surface area contributed by atoms with Gasteiger partial charge in [-0.2, -0.15) is 0 Å². The lowest BCUT2D eigenvalue weighted by molar-refractivity contribution is -0.121. The highest BCUT2D eigenvalue weighted by molar-refractivity contribution is 9.10. The van der Waals surface area contributed by atoms with E-state index in [4.69, 9.17) is 17.3 Å². The van der Waals surface area contributed by atoms with E-state index in [-0.39, 0.29) is 11.8 Å². The number of hydrogen-bond donors (Lipinski definition) is 2. The van der Waals surface area contributed by atoms with E-state index in [1.165, 1.54) is 0 Å². The number of nitrogens with one attached hydrogen (secondary N) is 1. The summed E-state index contributed by atoms with van der Waals surface area (Å²) in [4.78, 5) is 12.2. The fourth-order valence-corrected chi connectivity index (χ4v) is 3.01. The summed E-state index contributed by atoms with van der Waals surface area (Å²) < 4.78 is 0.902. The molecule has 2 rings (SSSR count). The van der Waals surface area contributed by atoms with Gasteiger partial charge in [0.05, 0.1) is 10.7 Å². The number of hydrogen-bond acceptors (Lipinski definition) is 2. The highest BCUT2D eigenvalue weighted by atomic mass is 79.9. The number of benzene rings is 1. The monoisotopic (exact) mass is 344 g/mol. The van der Waals surface area contributed by atoms with E-state index in [1.54, 1.807) is 6.07 Å². The zero-order valence-corrected chi connectivity index (χ0v) is 13.0. The van der Waals surface area contributed by atoms with Crippen LogP contribution in [0.25, 0.3) is 0 Å². The number of anilines is 1. The molecule has 0 aromatic heterocycles. The van der Waals surface area contributed by atoms with Crippen molar-refractivity contribution < 1.29 is 4.79 Å². The average Bonchev–Trinajstić information content (AvgIpc) is 2.43. The van der Waals surface area contributed by atoms with E-state index in [1.807, 2.05) is 12.1 Å². The summed E-state index contributed by atoms with van der Waals surface area (Å²) in [5.41, 5.74) is 6.33. The molecular weight excluding hydrogens is 328 g/mol. The molecule has 1 aromatic rings. The van der Waals surface area contributed by atoms with Crippen molar-refractivity contribution in [3.63, 3.8) is 0 Å². The smallest absolute Gasteiger partial charge is 0.227 e. The third-order valence-electron chi connectivity index (χ3n) is 3.74. The minimum atomic E-state index is 0.0653. The fourth-order valence-electron chi connectivity index (χ4n) is 2.49. The van der Waals surface area contributed by atoms with Crippen molar-refractivity contribution in [3.8, 4) is 0 Å². The summed E-state index contributed by atoms with van der Waals surface area (Å²) in [6.07, 6.45) is 3.92. The van der Waals surface area contributed by atoms with E-state index in [0.717, 1.165) is 36.7 Å². The van der Waals surface area contributed by atoms with E-state index >= 15 is 0 Å². The van der Waals surface area contributed by atoms with Gasteiger partial charge in [0.1, 0.15) is 0 Å². The molecule has 5 heteroatoms. The van der Waals surface area contributed by atoms with Crippen LogP contribution in [0.1, 0.15) is 25.7 Å². The number of amides is 1. The largest absolute Gasteiger partial charge is 0.330 e. The van der Waals surface area contributed by atoms with Gasteiger partial charge in [0.25, 0.3) is 0 Å². The van der Waals surface area contributed by atoms with Gasteiger partial charge in [-0.05, 0) is 56.3 Å². The Balaban J connectivity index is 1.96. The molecule has 1 saturated carbocycles. The Morgan fingerprint density at radius 3 is 2.68 bits per heavy atom. The topological polar surface area (TPSA) is 55.1 Å². The standard InChI is InChI=1S/C14H18BrClN2O/c15-11-5-6-12(16)13(7-11)18-14(19)10-3-1-9(8-17)2-4-10/h5-7,9-10H,1-4,8,17H2,(H,18,19). The summed E-state index contributed by atoms with van der Waals surface area (Å²) in [5, 5.41) is 3.48. The molecule has 3 nitrogen and oxygen atoms in total. The molecule has 0 spiro atoms. The average molecular weight is 346 g/mol. The molecule has 19 heavy (non-hydrogen) atoms. The van der Waals surface area contributed by atoms with Gasteiger partial charge in [-0.1, -0.05) is 27.5 Å². The van der Waals surface area contributed by atoms with Crippen LogP contribution in [0.5, 0.6) is 0 Å². The van der Waals surface area contributed by atoms with E-state index in [2.05, 4.69) is 21.2 Å². The molecule has 1 fully saturated rings. The molecule has 1 amide bonds. The molecule has 0 unspecified atom stereocenters. The first-order valence-corrected chi connectivity index (χ1v) is 7.73. The Kier molecular flexibility index (Phi) is 5.25. The molecule has 0 saturated heterocycles. The van der Waals surface area contributed by atoms with Crippen LogP contribution in [0.3, 0.4) is 0 Å². The van der Waals surface area contributed by atoms with Crippen molar-refractivity contribution in [2.24, 2.45) is 17.6 Å². The van der Waals surface area contributed by atoms with Crippen molar-refractivity contribution in [2.45, 2.75) is 25.7 Å². The van der Waals surface area contributed by atoms with Crippen molar-refractivity contribution in [2.75, 3.05) is 11.9 Å². The molecular formula is C14H18BrClN2O. The summed E-state index contributed by atoms with van der Waals surface area (Å²) in [6.45, 7) is 0.728. The number of carbonyl (C=O) groups excluding carboxylic acids is 1. The van der Waals surface area contributed by atoms with E-state index < -0.39 is 0 Å². The lowest BCUT2D eigenvalue weighted by Gasteiger charge is -2.26. The lowest BCUT2D eigenvalue weighted by atomic mass is 9.81. The zero-order chi connectivity index (χ0) is 13.8. The highest BCUT2D eigenvalue weighted by Crippen LogP contribution is 2.31. The van der Waals surface area contributed by atoms with Crippen LogP contribution in [-0.2, 0) is 4.79 Å². The van der Waals surface area contributed by atoms with Crippen LogP contribution < -0.4 is 11.1 Å². The first-order valence-electron chi connectivity index (χ1n) is 6.56. The molecule has 1 aromatic carbocycles. The number of nitrogens with two attached hydrogens (primary N) is 1. The number of halogens is 2. The summed E-state index contributed by atoms with van der Waals surface area (Å²) in [7, 11) is 0. The predicted molar refractivity (Wildman–Crippen MR) is 82.3 cm³/mol. The van der Waals surface area contributed by atoms with Crippen LogP contribution in [0.2, 0.25) is 5.02 Å². The first kappa shape index (κ1) is 14.8. The third-order valence-corrected chi connectivity index (χ3v) is 4.56. The van der Waals surface area contributed by atoms with Crippen molar-refractivity contribution >= 4 is 39.1 Å². The molecule has 0 aliphatic heterocycles. The van der Waals surface area contributed by atoms with Crippen LogP contribution in [0.4, 0.5) is 5.69 Å². The van der Waals surface area contributed by atoms with Crippen LogP contribution in [-0.4, -0.2) is 12.5 Å². The van der Waals surface area contributed by atoms with Gasteiger partial charge < -0.3 is 11.1 Å². The van der Waals surface area contributed by atoms with Crippen molar-refractivity contribution in [1.82, 2.24) is 0 Å². The van der Waals surface area contributed by atoms with Gasteiger partial charge in [-0.15, -0.1) is 0 Å². The summed E-state index contributed by atoms with van der Waals surface area (Å²) >= 11 is 9.45. The maximum Gasteiger partial charge on any atom is 0.227 e. The first-order chi connectivity index (χ1) is 9.10. The second-order valence-corrected chi connectivity index (χ2v) is 6.39. The minimum Gasteiger partial charge on any atom is -0.330 e. The molecule has 0 bridgehead atoms. The molecule has 1 aliphatic rings. The van der Waals surface area contributed by atoms with Crippen LogP contribution in [0, 0.1) is 11.8 Å². The molecule has 0 atom stereocenters. The summed E-state index contributed by atoms with van der Waals surface area (Å²) in [6, 6.07) is 5.45. The molecule has 0 radical (unpaired) electrons. The lowest BCUT2D eigenvalue weighted by Crippen LogP contribution is -2.29. The van der Waals surface area contributed by atoms with E-state index in [0.29, 0.717) is 16.6 Å². The predicted octanol–water partition coefficient (Wildman–Crippen LogP) is 3.81. The van der Waals surface area contributed by atoms with Crippen LogP contribution in [0.15, 0.2) is 22.7 Å². The Morgan fingerprint density at radius 1 is 1.37 bits per heavy atom. The van der Waals surface area contributed by atoms with E-state index in [9.17, 15) is 4.79 Å². The fraction of sp³-hybridized carbons (Fsp3) is 0.500. The normalized spacial score (nSPS) is 23.1. The maximum atomic E-state index is 12.2. The Labute approximate surface area is 127 Å². The highest BCUT2D eigenvalue weighted by Gasteiger charge is 2.25. The Morgan fingerprint density at radius 2 is 2.05 bits per heavy atom. The maximum absolute atomic E-state index is 12.2.